The van der Waals surface area contributed by atoms with Crippen molar-refractivity contribution in [3.05, 3.63) is 48.3 Å². The summed E-state index contributed by atoms with van der Waals surface area (Å²) in [6.07, 6.45) is 1.15. The molecule has 0 radical (unpaired) electrons. The Morgan fingerprint density at radius 1 is 1.03 bits per heavy atom. The number of aromatic nitrogens is 1. The molecule has 0 fully saturated rings. The number of fused-ring (bicyclic) bond motifs is 1. The van der Waals surface area contributed by atoms with Crippen molar-refractivity contribution >= 4 is 64.7 Å². The fourth-order valence-corrected chi connectivity index (χ4v) is 6.51. The van der Waals surface area contributed by atoms with Gasteiger partial charge >= 0.3 is 0 Å². The number of carbonyl (C=O) groups excluding carboxylic acids is 1. The van der Waals surface area contributed by atoms with Crippen LogP contribution in [0.25, 0.3) is 10.2 Å². The molecule has 0 aliphatic rings. The molecule has 2 aromatic carbocycles. The second-order valence-electron chi connectivity index (χ2n) is 8.10. The quantitative estimate of drug-likeness (QED) is 0.348. The Balaban J connectivity index is 0.00000432. The Morgan fingerprint density at radius 2 is 1.69 bits per heavy atom. The van der Waals surface area contributed by atoms with Crippen LogP contribution in [0.4, 0.5) is 9.52 Å². The lowest BCUT2D eigenvalue weighted by Gasteiger charge is -2.22. The van der Waals surface area contributed by atoms with E-state index in [2.05, 4.69) is 4.98 Å². The Morgan fingerprint density at radius 3 is 2.29 bits per heavy atom. The van der Waals surface area contributed by atoms with E-state index in [9.17, 15) is 26.0 Å². The van der Waals surface area contributed by atoms with Gasteiger partial charge in [-0.2, -0.15) is 0 Å². The van der Waals surface area contributed by atoms with Crippen LogP contribution in [0.2, 0.25) is 0 Å². The van der Waals surface area contributed by atoms with Gasteiger partial charge in [0.1, 0.15) is 11.3 Å². The lowest BCUT2D eigenvalue weighted by molar-refractivity contribution is -0.118. The van der Waals surface area contributed by atoms with E-state index in [-0.39, 0.29) is 46.7 Å². The van der Waals surface area contributed by atoms with Gasteiger partial charge in [-0.15, -0.1) is 12.4 Å². The molecule has 35 heavy (non-hydrogen) atoms. The van der Waals surface area contributed by atoms with E-state index in [0.29, 0.717) is 28.4 Å². The molecule has 3 aromatic rings. The summed E-state index contributed by atoms with van der Waals surface area (Å²) >= 11 is 1.21. The zero-order valence-corrected chi connectivity index (χ0v) is 22.7. The molecular weight excluding hydrogens is 537 g/mol. The Hall–Kier alpha value is -2.12. The Labute approximate surface area is 215 Å². The van der Waals surface area contributed by atoms with Gasteiger partial charge in [0.05, 0.1) is 20.2 Å². The van der Waals surface area contributed by atoms with Crippen LogP contribution in [0.15, 0.2) is 52.3 Å². The van der Waals surface area contributed by atoms with Crippen molar-refractivity contribution in [1.82, 2.24) is 9.88 Å². The predicted octanol–water partition coefficient (Wildman–Crippen LogP) is 3.41. The minimum atomic E-state index is -3.66. The zero-order valence-electron chi connectivity index (χ0n) is 19.5. The van der Waals surface area contributed by atoms with Gasteiger partial charge in [0.25, 0.3) is 0 Å². The van der Waals surface area contributed by atoms with Crippen molar-refractivity contribution in [3.8, 4) is 0 Å². The number of carbonyl (C=O) groups is 1. The first-order chi connectivity index (χ1) is 15.9. The van der Waals surface area contributed by atoms with Gasteiger partial charge in [0, 0.05) is 25.8 Å². The van der Waals surface area contributed by atoms with E-state index >= 15 is 0 Å². The first-order valence-corrected chi connectivity index (χ1v) is 14.8. The summed E-state index contributed by atoms with van der Waals surface area (Å²) in [6, 6.07) is 9.43. The highest BCUT2D eigenvalue weighted by Crippen LogP contribution is 2.33. The van der Waals surface area contributed by atoms with Crippen molar-refractivity contribution in [3.63, 3.8) is 0 Å². The fourth-order valence-electron chi connectivity index (χ4n) is 3.26. The Bertz CT molecular complexity index is 1390. The molecule has 0 N–H and O–H groups in total. The highest BCUT2D eigenvalue weighted by Gasteiger charge is 2.23. The maximum absolute atomic E-state index is 13.1. The third-order valence-corrected chi connectivity index (χ3v) is 9.04. The fraction of sp³-hybridized carbons (Fsp3) is 0.364. The van der Waals surface area contributed by atoms with Crippen LogP contribution in [-0.4, -0.2) is 71.8 Å². The van der Waals surface area contributed by atoms with Gasteiger partial charge in [0.15, 0.2) is 24.8 Å². The number of anilines is 1. The van der Waals surface area contributed by atoms with Crippen molar-refractivity contribution in [2.75, 3.05) is 44.1 Å². The van der Waals surface area contributed by atoms with E-state index in [4.69, 9.17) is 0 Å². The summed E-state index contributed by atoms with van der Waals surface area (Å²) in [4.78, 5) is 21.0. The van der Waals surface area contributed by atoms with Gasteiger partial charge in [0.2, 0.25) is 5.91 Å². The third-order valence-electron chi connectivity index (χ3n) is 5.05. The summed E-state index contributed by atoms with van der Waals surface area (Å²) in [5.41, 5.74) is 0.312. The van der Waals surface area contributed by atoms with Crippen LogP contribution < -0.4 is 4.90 Å². The topological polar surface area (TPSA) is 105 Å². The number of benzene rings is 2. The summed E-state index contributed by atoms with van der Waals surface area (Å²) in [5, 5.41) is 0.361. The number of sulfone groups is 2. The molecular formula is C22H27ClFN3O5S3. The van der Waals surface area contributed by atoms with Crippen molar-refractivity contribution < 1.29 is 26.0 Å². The molecule has 0 aliphatic heterocycles. The molecule has 0 spiro atoms. The SMILES string of the molecule is CN(C)CCN(C(=O)CCCS(=O)(=O)c1ccc(F)cc1)c1nc2c(S(C)(=O)=O)cccc2s1.Cl. The monoisotopic (exact) mass is 563 g/mol. The number of likely N-dealkylation sites (N-methyl/N-ethyl adjacent to an activating group) is 1. The van der Waals surface area contributed by atoms with Crippen LogP contribution in [0.3, 0.4) is 0 Å². The standard InChI is InChI=1S/C22H26FN3O5S3.ClH/c1-25(2)13-14-26(22-24-21-18(32-22)6-4-7-19(21)33(3,28)29)20(27)8-5-15-34(30,31)17-11-9-16(23)10-12-17;/h4,6-7,9-12H,5,8,13-15H2,1-3H3;1H. The Kier molecular flexibility index (Phi) is 9.77. The summed E-state index contributed by atoms with van der Waals surface area (Å²) < 4.78 is 63.0. The largest absolute Gasteiger partial charge is 0.308 e. The van der Waals surface area contributed by atoms with Crippen molar-refractivity contribution in [2.45, 2.75) is 22.6 Å². The number of nitrogens with zero attached hydrogens (tertiary/aromatic N) is 3. The lowest BCUT2D eigenvalue weighted by atomic mass is 10.3. The molecule has 13 heteroatoms. The summed E-state index contributed by atoms with van der Waals surface area (Å²) in [6.45, 7) is 0.846. The van der Waals surface area contributed by atoms with Gasteiger partial charge < -0.3 is 4.90 Å². The molecule has 1 aromatic heterocycles. The molecule has 8 nitrogen and oxygen atoms in total. The first-order valence-electron chi connectivity index (χ1n) is 10.4. The second-order valence-corrected chi connectivity index (χ2v) is 13.2. The van der Waals surface area contributed by atoms with Crippen LogP contribution in [0.1, 0.15) is 12.8 Å². The molecule has 192 valence electrons. The van der Waals surface area contributed by atoms with E-state index in [1.165, 1.54) is 34.4 Å². The maximum Gasteiger partial charge on any atom is 0.228 e. The number of hydrogen-bond acceptors (Lipinski definition) is 8. The minimum absolute atomic E-state index is 0. The maximum atomic E-state index is 13.1. The number of rotatable bonds is 10. The van der Waals surface area contributed by atoms with E-state index in [1.54, 1.807) is 12.1 Å². The number of amides is 1. The van der Waals surface area contributed by atoms with Gasteiger partial charge in [-0.25, -0.2) is 26.2 Å². The number of halogens is 2. The smallest absolute Gasteiger partial charge is 0.228 e. The number of thiazole rings is 1. The van der Waals surface area contributed by atoms with Crippen LogP contribution in [0, 0.1) is 5.82 Å². The molecule has 0 aliphatic carbocycles. The van der Waals surface area contributed by atoms with Gasteiger partial charge in [-0.3, -0.25) is 9.69 Å². The van der Waals surface area contributed by atoms with Crippen LogP contribution in [-0.2, 0) is 24.5 Å². The molecule has 0 saturated carbocycles. The van der Waals surface area contributed by atoms with E-state index < -0.39 is 25.5 Å². The highest BCUT2D eigenvalue weighted by atomic mass is 35.5. The second kappa shape index (κ2) is 11.7. The average Bonchev–Trinajstić information content (AvgIpc) is 3.16. The summed E-state index contributed by atoms with van der Waals surface area (Å²) in [7, 11) is -3.44. The molecule has 0 unspecified atom stereocenters. The molecule has 0 bridgehead atoms. The molecule has 0 atom stereocenters. The van der Waals surface area contributed by atoms with E-state index in [0.717, 1.165) is 18.4 Å². The summed E-state index contributed by atoms with van der Waals surface area (Å²) in [5.74, 6) is -1.10. The molecule has 1 amide bonds. The molecule has 1 heterocycles. The average molecular weight is 564 g/mol. The molecule has 0 saturated heterocycles. The minimum Gasteiger partial charge on any atom is -0.308 e. The normalized spacial score (nSPS) is 12.0. The van der Waals surface area contributed by atoms with Crippen molar-refractivity contribution in [2.24, 2.45) is 0 Å². The van der Waals surface area contributed by atoms with Gasteiger partial charge in [-0.05, 0) is 56.9 Å². The van der Waals surface area contributed by atoms with Crippen LogP contribution in [0.5, 0.6) is 0 Å². The van der Waals surface area contributed by atoms with E-state index in [1.807, 2.05) is 19.0 Å². The highest BCUT2D eigenvalue weighted by molar-refractivity contribution is 7.91. The van der Waals surface area contributed by atoms with Gasteiger partial charge in [-0.1, -0.05) is 17.4 Å². The predicted molar refractivity (Wildman–Crippen MR) is 139 cm³/mol. The number of hydrogen-bond donors (Lipinski definition) is 0. The number of para-hydroxylation sites is 1. The third kappa shape index (κ3) is 7.43. The first kappa shape index (κ1) is 29.1. The van der Waals surface area contributed by atoms with Crippen LogP contribution >= 0.6 is 23.7 Å². The van der Waals surface area contributed by atoms with Crippen molar-refractivity contribution in [1.29, 1.82) is 0 Å². The zero-order chi connectivity index (χ0) is 25.1. The molecule has 3 rings (SSSR count). The lowest BCUT2D eigenvalue weighted by Crippen LogP contribution is -2.36.